The van der Waals surface area contributed by atoms with Gasteiger partial charge in [-0.2, -0.15) is 0 Å². The molecule has 0 saturated heterocycles. The summed E-state index contributed by atoms with van der Waals surface area (Å²) < 4.78 is 0. The maximum absolute atomic E-state index is 12.0. The maximum Gasteiger partial charge on any atom is 0.255 e. The molecule has 0 fully saturated rings. The zero-order valence-electron chi connectivity index (χ0n) is 10.8. The molecule has 0 radical (unpaired) electrons. The molecule has 7 heteroatoms. The normalized spacial score (nSPS) is 12.7. The van der Waals surface area contributed by atoms with Crippen LogP contribution in [0.2, 0.25) is 0 Å². The number of aromatic nitrogens is 1. The summed E-state index contributed by atoms with van der Waals surface area (Å²) in [5.74, 6) is 0.192. The molecule has 108 valence electrons. The first-order valence-electron chi connectivity index (χ1n) is 6.00. The lowest BCUT2D eigenvalue weighted by Gasteiger charge is -2.17. The van der Waals surface area contributed by atoms with Gasteiger partial charge in [-0.05, 0) is 30.3 Å². The topological polar surface area (TPSA) is 71.1 Å². The largest absolute Gasteiger partial charge is 0.324 e. The number of carbonyl (C=O) groups is 2. The van der Waals surface area contributed by atoms with Gasteiger partial charge in [-0.15, -0.1) is 24.2 Å². The number of thioether (sulfide) groups is 1. The lowest BCUT2D eigenvalue weighted by Crippen LogP contribution is -2.19. The molecule has 0 aliphatic carbocycles. The average molecular weight is 322 g/mol. The number of carbonyl (C=O) groups excluding carboxylic acids is 2. The van der Waals surface area contributed by atoms with Gasteiger partial charge in [-0.25, -0.2) is 0 Å². The molecule has 3 rings (SSSR count). The maximum atomic E-state index is 12.0. The molecule has 1 aliphatic rings. The predicted octanol–water partition coefficient (Wildman–Crippen LogP) is 2.80. The molecule has 0 unspecified atom stereocenters. The molecule has 21 heavy (non-hydrogen) atoms. The van der Waals surface area contributed by atoms with Crippen molar-refractivity contribution in [2.75, 3.05) is 16.4 Å². The van der Waals surface area contributed by atoms with E-state index in [4.69, 9.17) is 0 Å². The number of rotatable bonds is 2. The van der Waals surface area contributed by atoms with Crippen molar-refractivity contribution in [3.05, 3.63) is 48.3 Å². The van der Waals surface area contributed by atoms with E-state index in [1.54, 1.807) is 30.6 Å². The summed E-state index contributed by atoms with van der Waals surface area (Å²) in [5.41, 5.74) is 1.92. The average Bonchev–Trinajstić information content (AvgIpc) is 2.47. The minimum absolute atomic E-state index is 0. The number of nitrogens with one attached hydrogen (secondary N) is 2. The Hall–Kier alpha value is -2.05. The highest BCUT2D eigenvalue weighted by Crippen LogP contribution is 2.33. The van der Waals surface area contributed by atoms with Crippen molar-refractivity contribution in [1.82, 2.24) is 4.98 Å². The van der Waals surface area contributed by atoms with Crippen LogP contribution >= 0.6 is 24.2 Å². The van der Waals surface area contributed by atoms with Gasteiger partial charge in [0.2, 0.25) is 5.91 Å². The van der Waals surface area contributed by atoms with Crippen molar-refractivity contribution < 1.29 is 9.59 Å². The molecule has 2 aromatic rings. The Morgan fingerprint density at radius 2 is 2.00 bits per heavy atom. The Bertz CT molecular complexity index is 679. The molecule has 5 nitrogen and oxygen atoms in total. The van der Waals surface area contributed by atoms with E-state index in [9.17, 15) is 9.59 Å². The van der Waals surface area contributed by atoms with Crippen molar-refractivity contribution in [3.63, 3.8) is 0 Å². The second kappa shape index (κ2) is 6.60. The Kier molecular flexibility index (Phi) is 4.82. The number of halogens is 1. The predicted molar refractivity (Wildman–Crippen MR) is 85.2 cm³/mol. The molecule has 2 amide bonds. The molecular formula is C14H12ClN3O2S. The van der Waals surface area contributed by atoms with E-state index < -0.39 is 0 Å². The second-order valence-electron chi connectivity index (χ2n) is 4.24. The van der Waals surface area contributed by atoms with Gasteiger partial charge in [0.1, 0.15) is 0 Å². The first kappa shape index (κ1) is 15.3. The van der Waals surface area contributed by atoms with Crippen LogP contribution in [0.4, 0.5) is 11.4 Å². The monoisotopic (exact) mass is 321 g/mol. The number of hydrogen-bond acceptors (Lipinski definition) is 4. The first-order valence-corrected chi connectivity index (χ1v) is 6.99. The Morgan fingerprint density at radius 1 is 1.24 bits per heavy atom. The highest BCUT2D eigenvalue weighted by atomic mass is 35.5. The third kappa shape index (κ3) is 3.53. The van der Waals surface area contributed by atoms with Crippen LogP contribution in [0.15, 0.2) is 47.6 Å². The summed E-state index contributed by atoms with van der Waals surface area (Å²) in [6, 6.07) is 8.76. The lowest BCUT2D eigenvalue weighted by atomic mass is 10.2. The molecule has 1 aromatic carbocycles. The van der Waals surface area contributed by atoms with Crippen molar-refractivity contribution in [3.8, 4) is 0 Å². The number of fused-ring (bicyclic) bond motifs is 1. The van der Waals surface area contributed by atoms with Gasteiger partial charge in [0, 0.05) is 28.5 Å². The summed E-state index contributed by atoms with van der Waals surface area (Å²) in [7, 11) is 0. The second-order valence-corrected chi connectivity index (χ2v) is 5.25. The van der Waals surface area contributed by atoms with E-state index >= 15 is 0 Å². The SMILES string of the molecule is Cl.O=C1CSc2ccc(NC(=O)c3ccncc3)cc2N1. The fourth-order valence-electron chi connectivity index (χ4n) is 1.87. The third-order valence-electron chi connectivity index (χ3n) is 2.81. The van der Waals surface area contributed by atoms with Crippen LogP contribution in [0.5, 0.6) is 0 Å². The molecule has 2 heterocycles. The van der Waals surface area contributed by atoms with Gasteiger partial charge in [-0.1, -0.05) is 0 Å². The number of anilines is 2. The molecule has 0 bridgehead atoms. The fourth-order valence-corrected chi connectivity index (χ4v) is 2.66. The number of hydrogen-bond donors (Lipinski definition) is 2. The van der Waals surface area contributed by atoms with Crippen LogP contribution in [0, 0.1) is 0 Å². The Labute approximate surface area is 131 Å². The van der Waals surface area contributed by atoms with E-state index in [0.29, 0.717) is 17.0 Å². The minimum Gasteiger partial charge on any atom is -0.324 e. The summed E-state index contributed by atoms with van der Waals surface area (Å²) in [6.45, 7) is 0. The number of pyridine rings is 1. The van der Waals surface area contributed by atoms with Crippen molar-refractivity contribution in [2.45, 2.75) is 4.90 Å². The Morgan fingerprint density at radius 3 is 2.76 bits per heavy atom. The van der Waals surface area contributed by atoms with Crippen LogP contribution in [0.3, 0.4) is 0 Å². The molecule has 0 spiro atoms. The lowest BCUT2D eigenvalue weighted by molar-refractivity contribution is -0.113. The van der Waals surface area contributed by atoms with Gasteiger partial charge >= 0.3 is 0 Å². The highest BCUT2D eigenvalue weighted by molar-refractivity contribution is 8.00. The van der Waals surface area contributed by atoms with Gasteiger partial charge in [0.05, 0.1) is 11.4 Å². The molecule has 0 atom stereocenters. The van der Waals surface area contributed by atoms with Crippen molar-refractivity contribution in [2.24, 2.45) is 0 Å². The standard InChI is InChI=1S/C14H11N3O2S.ClH/c18-13-8-20-12-2-1-10(7-11(12)17-13)16-14(19)9-3-5-15-6-4-9;/h1-7H,8H2,(H,16,19)(H,17,18);1H. The van der Waals surface area contributed by atoms with E-state index in [2.05, 4.69) is 15.6 Å². The molecule has 1 aliphatic heterocycles. The van der Waals surface area contributed by atoms with Gasteiger partial charge in [-0.3, -0.25) is 14.6 Å². The third-order valence-corrected chi connectivity index (χ3v) is 3.89. The zero-order chi connectivity index (χ0) is 13.9. The number of nitrogens with zero attached hydrogens (tertiary/aromatic N) is 1. The minimum atomic E-state index is -0.206. The van der Waals surface area contributed by atoms with E-state index in [1.165, 1.54) is 11.8 Å². The number of benzene rings is 1. The van der Waals surface area contributed by atoms with Crippen LogP contribution in [0.25, 0.3) is 0 Å². The summed E-state index contributed by atoms with van der Waals surface area (Å²) >= 11 is 1.49. The molecule has 2 N–H and O–H groups in total. The van der Waals surface area contributed by atoms with Gasteiger partial charge in [0.25, 0.3) is 5.91 Å². The van der Waals surface area contributed by atoms with Crippen LogP contribution < -0.4 is 10.6 Å². The zero-order valence-corrected chi connectivity index (χ0v) is 12.5. The summed E-state index contributed by atoms with van der Waals surface area (Å²) in [5, 5.41) is 5.59. The fraction of sp³-hybridized carbons (Fsp3) is 0.0714. The van der Waals surface area contributed by atoms with Gasteiger partial charge in [0.15, 0.2) is 0 Å². The van der Waals surface area contributed by atoms with Crippen molar-refractivity contribution in [1.29, 1.82) is 0 Å². The van der Waals surface area contributed by atoms with Crippen LogP contribution in [-0.4, -0.2) is 22.6 Å². The quantitative estimate of drug-likeness (QED) is 0.892. The van der Waals surface area contributed by atoms with E-state index in [-0.39, 0.29) is 24.2 Å². The number of amides is 2. The molecular weight excluding hydrogens is 310 g/mol. The molecule has 0 saturated carbocycles. The molecule has 1 aromatic heterocycles. The van der Waals surface area contributed by atoms with E-state index in [0.717, 1.165) is 10.6 Å². The van der Waals surface area contributed by atoms with Gasteiger partial charge < -0.3 is 10.6 Å². The van der Waals surface area contributed by atoms with Crippen LogP contribution in [0.1, 0.15) is 10.4 Å². The van der Waals surface area contributed by atoms with Crippen molar-refractivity contribution >= 4 is 47.4 Å². The Balaban J connectivity index is 0.00000161. The highest BCUT2D eigenvalue weighted by Gasteiger charge is 2.16. The summed E-state index contributed by atoms with van der Waals surface area (Å²) in [4.78, 5) is 28.2. The summed E-state index contributed by atoms with van der Waals surface area (Å²) in [6.07, 6.45) is 3.14. The first-order chi connectivity index (χ1) is 9.72. The van der Waals surface area contributed by atoms with E-state index in [1.807, 2.05) is 12.1 Å². The van der Waals surface area contributed by atoms with Crippen LogP contribution in [-0.2, 0) is 4.79 Å². The smallest absolute Gasteiger partial charge is 0.255 e.